The summed E-state index contributed by atoms with van der Waals surface area (Å²) in [5.74, 6) is 0.376. The number of aromatic hydroxyl groups is 1. The third kappa shape index (κ3) is 2.62. The number of fused-ring (bicyclic) bond motifs is 1. The molecule has 1 aromatic carbocycles. The third-order valence-corrected chi connectivity index (χ3v) is 5.88. The Bertz CT molecular complexity index is 903. The predicted molar refractivity (Wildman–Crippen MR) is 94.0 cm³/mol. The summed E-state index contributed by atoms with van der Waals surface area (Å²) in [6.45, 7) is 3.55. The normalized spacial score (nSPS) is 17.0. The van der Waals surface area contributed by atoms with Gasteiger partial charge in [-0.15, -0.1) is 5.10 Å². The second-order valence-electron chi connectivity index (χ2n) is 5.95. The average molecular weight is 411 g/mol. The number of aromatic nitrogens is 3. The van der Waals surface area contributed by atoms with E-state index in [0.29, 0.717) is 25.7 Å². The second kappa shape index (κ2) is 6.09. The Kier molecular flexibility index (Phi) is 4.06. The van der Waals surface area contributed by atoms with Crippen molar-refractivity contribution in [2.24, 2.45) is 0 Å². The summed E-state index contributed by atoms with van der Waals surface area (Å²) in [5, 5.41) is 14.9. The monoisotopic (exact) mass is 410 g/mol. The molecule has 1 saturated heterocycles. The molecule has 0 unspecified atom stereocenters. The van der Waals surface area contributed by atoms with Gasteiger partial charge in [0.15, 0.2) is 0 Å². The molecule has 1 aliphatic heterocycles. The zero-order chi connectivity index (χ0) is 16.8. The van der Waals surface area contributed by atoms with Gasteiger partial charge in [-0.25, -0.2) is 9.37 Å². The van der Waals surface area contributed by atoms with E-state index < -0.39 is 0 Å². The molecule has 5 nitrogen and oxygen atoms in total. The van der Waals surface area contributed by atoms with E-state index in [0.717, 1.165) is 25.9 Å². The lowest BCUT2D eigenvalue weighted by molar-refractivity contribution is 0.271. The Labute approximate surface area is 150 Å². The van der Waals surface area contributed by atoms with Crippen molar-refractivity contribution in [1.82, 2.24) is 19.5 Å². The van der Waals surface area contributed by atoms with Crippen LogP contribution in [-0.4, -0.2) is 37.7 Å². The molecule has 1 N–H and O–H groups in total. The zero-order valence-corrected chi connectivity index (χ0v) is 15.4. The highest BCUT2D eigenvalue weighted by molar-refractivity contribution is 9.10. The Morgan fingerprint density at radius 3 is 2.75 bits per heavy atom. The number of thiazole rings is 1. The van der Waals surface area contributed by atoms with Gasteiger partial charge in [0.25, 0.3) is 0 Å². The van der Waals surface area contributed by atoms with Crippen LogP contribution in [0.1, 0.15) is 35.1 Å². The zero-order valence-electron chi connectivity index (χ0n) is 13.0. The van der Waals surface area contributed by atoms with Gasteiger partial charge in [-0.05, 0) is 45.0 Å². The van der Waals surface area contributed by atoms with E-state index in [1.165, 1.54) is 21.9 Å². The van der Waals surface area contributed by atoms with Gasteiger partial charge in [0.2, 0.25) is 10.8 Å². The summed E-state index contributed by atoms with van der Waals surface area (Å²) >= 11 is 4.67. The first-order chi connectivity index (χ1) is 11.5. The molecule has 1 aliphatic rings. The summed E-state index contributed by atoms with van der Waals surface area (Å²) in [5.41, 5.74) is 0.566. The fourth-order valence-corrected chi connectivity index (χ4v) is 4.74. The number of likely N-dealkylation sites (tertiary alicyclic amines) is 1. The van der Waals surface area contributed by atoms with E-state index in [2.05, 4.69) is 30.9 Å². The van der Waals surface area contributed by atoms with Crippen LogP contribution in [0, 0.1) is 12.7 Å². The van der Waals surface area contributed by atoms with Gasteiger partial charge in [-0.2, -0.15) is 4.52 Å². The molecule has 4 rings (SSSR count). The Morgan fingerprint density at radius 2 is 2.08 bits per heavy atom. The van der Waals surface area contributed by atoms with Gasteiger partial charge >= 0.3 is 0 Å². The molecular weight excluding hydrogens is 395 g/mol. The van der Waals surface area contributed by atoms with Gasteiger partial charge in [0.05, 0.1) is 10.9 Å². The van der Waals surface area contributed by atoms with Crippen LogP contribution in [0.4, 0.5) is 4.39 Å². The van der Waals surface area contributed by atoms with Crippen molar-refractivity contribution in [1.29, 1.82) is 0 Å². The fraction of sp³-hybridized carbons (Fsp3) is 0.375. The van der Waals surface area contributed by atoms with Crippen molar-refractivity contribution >= 4 is 32.2 Å². The molecule has 24 heavy (non-hydrogen) atoms. The van der Waals surface area contributed by atoms with Crippen molar-refractivity contribution in [2.45, 2.75) is 25.8 Å². The lowest BCUT2D eigenvalue weighted by Gasteiger charge is -2.27. The number of rotatable bonds is 3. The van der Waals surface area contributed by atoms with Crippen LogP contribution in [0.15, 0.2) is 22.7 Å². The molecule has 3 aromatic rings. The van der Waals surface area contributed by atoms with Gasteiger partial charge in [-0.3, -0.25) is 4.90 Å². The van der Waals surface area contributed by atoms with Crippen molar-refractivity contribution in [3.8, 4) is 5.88 Å². The van der Waals surface area contributed by atoms with E-state index in [9.17, 15) is 9.50 Å². The number of aryl methyl sites for hydroxylation is 1. The number of hydrogen-bond acceptors (Lipinski definition) is 5. The van der Waals surface area contributed by atoms with Crippen LogP contribution in [0.5, 0.6) is 5.88 Å². The van der Waals surface area contributed by atoms with Crippen LogP contribution in [0.2, 0.25) is 0 Å². The van der Waals surface area contributed by atoms with E-state index >= 15 is 0 Å². The molecule has 3 heterocycles. The van der Waals surface area contributed by atoms with Crippen molar-refractivity contribution in [2.75, 3.05) is 13.1 Å². The first-order valence-corrected chi connectivity index (χ1v) is 9.39. The number of hydrogen-bond donors (Lipinski definition) is 1. The van der Waals surface area contributed by atoms with Crippen molar-refractivity contribution < 1.29 is 9.50 Å². The highest BCUT2D eigenvalue weighted by Gasteiger charge is 2.32. The van der Waals surface area contributed by atoms with Crippen LogP contribution < -0.4 is 0 Å². The summed E-state index contributed by atoms with van der Waals surface area (Å²) < 4.78 is 16.8. The Balaban J connectivity index is 1.88. The molecule has 2 aromatic heterocycles. The van der Waals surface area contributed by atoms with Crippen LogP contribution in [0.25, 0.3) is 4.96 Å². The van der Waals surface area contributed by atoms with E-state index in [1.807, 2.05) is 6.07 Å². The minimum absolute atomic E-state index is 0.0508. The van der Waals surface area contributed by atoms with Gasteiger partial charge in [-0.1, -0.05) is 33.3 Å². The topological polar surface area (TPSA) is 53.7 Å². The van der Waals surface area contributed by atoms with E-state index in [4.69, 9.17) is 0 Å². The molecule has 0 saturated carbocycles. The smallest absolute Gasteiger partial charge is 0.230 e. The van der Waals surface area contributed by atoms with Crippen molar-refractivity contribution in [3.63, 3.8) is 0 Å². The van der Waals surface area contributed by atoms with E-state index in [1.54, 1.807) is 13.0 Å². The number of nitrogens with zero attached hydrogens (tertiary/aromatic N) is 4. The second-order valence-corrected chi connectivity index (χ2v) is 7.88. The van der Waals surface area contributed by atoms with Crippen LogP contribution in [-0.2, 0) is 0 Å². The maximum absolute atomic E-state index is 14.6. The van der Waals surface area contributed by atoms with Gasteiger partial charge in [0.1, 0.15) is 11.6 Å². The molecule has 1 atom stereocenters. The molecule has 126 valence electrons. The summed E-state index contributed by atoms with van der Waals surface area (Å²) in [7, 11) is 0. The minimum Gasteiger partial charge on any atom is -0.492 e. The highest BCUT2D eigenvalue weighted by atomic mass is 79.9. The van der Waals surface area contributed by atoms with Gasteiger partial charge < -0.3 is 5.11 Å². The molecule has 0 amide bonds. The quantitative estimate of drug-likeness (QED) is 0.711. The molecule has 0 bridgehead atoms. The van der Waals surface area contributed by atoms with Crippen molar-refractivity contribution in [3.05, 3.63) is 44.8 Å². The van der Waals surface area contributed by atoms with Gasteiger partial charge in [0, 0.05) is 10.0 Å². The summed E-state index contributed by atoms with van der Waals surface area (Å²) in [6, 6.07) is 4.76. The van der Waals surface area contributed by atoms with Crippen LogP contribution >= 0.6 is 27.3 Å². The Hall–Kier alpha value is -1.51. The summed E-state index contributed by atoms with van der Waals surface area (Å²) in [4.78, 5) is 7.85. The molecule has 8 heteroatoms. The molecule has 1 fully saturated rings. The first-order valence-electron chi connectivity index (χ1n) is 7.78. The highest BCUT2D eigenvalue weighted by Crippen LogP contribution is 2.42. The lowest BCUT2D eigenvalue weighted by Crippen LogP contribution is -2.26. The first kappa shape index (κ1) is 16.0. The lowest BCUT2D eigenvalue weighted by atomic mass is 10.0. The number of benzene rings is 1. The largest absolute Gasteiger partial charge is 0.492 e. The molecule has 0 radical (unpaired) electrons. The minimum atomic E-state index is -0.325. The fourth-order valence-electron chi connectivity index (χ4n) is 3.25. The maximum atomic E-state index is 14.6. The van der Waals surface area contributed by atoms with Crippen LogP contribution in [0.3, 0.4) is 0 Å². The predicted octanol–water partition coefficient (Wildman–Crippen LogP) is 3.89. The standard InChI is InChI=1S/C16H16BrFN4OS/c1-9-19-16-22(20-9)15(23)14(24-16)13(21-6-2-3-7-21)11-5-4-10(17)8-12(11)18/h4-5,8,13,23H,2-3,6-7H2,1H3/t13-/m0/s1. The molecule has 0 aliphatic carbocycles. The maximum Gasteiger partial charge on any atom is 0.230 e. The average Bonchev–Trinajstić information content (AvgIpc) is 3.22. The molecular formula is C16H16BrFN4OS. The van der Waals surface area contributed by atoms with E-state index in [-0.39, 0.29) is 17.7 Å². The Morgan fingerprint density at radius 1 is 1.33 bits per heavy atom. The summed E-state index contributed by atoms with van der Waals surface area (Å²) in [6.07, 6.45) is 2.16. The SMILES string of the molecule is Cc1nc2sc([C@H](c3ccc(Br)cc3F)N3CCCC3)c(O)n2n1. The molecule has 0 spiro atoms. The number of halogens is 2. The third-order valence-electron chi connectivity index (χ3n) is 4.32.